The number of amides is 1. The number of piperazine rings is 1. The van der Waals surface area contributed by atoms with E-state index in [1.165, 1.54) is 14.1 Å². The highest BCUT2D eigenvalue weighted by Gasteiger charge is 2.32. The summed E-state index contributed by atoms with van der Waals surface area (Å²) in [6.07, 6.45) is 0. The molecule has 1 saturated heterocycles. The van der Waals surface area contributed by atoms with Crippen LogP contribution in [0.3, 0.4) is 0 Å². The largest absolute Gasteiger partial charge is 0.384 e. The highest BCUT2D eigenvalue weighted by atomic mass is 16.2. The lowest BCUT2D eigenvalue weighted by Gasteiger charge is -2.37. The third-order valence-corrected chi connectivity index (χ3v) is 6.16. The molecule has 0 bridgehead atoms. The molecule has 3 aromatic rings. The molecule has 1 amide bonds. The number of nitrogens with two attached hydrogens (primary N) is 1. The molecule has 0 spiro atoms. The first-order chi connectivity index (χ1) is 15.2. The van der Waals surface area contributed by atoms with Crippen LogP contribution < -0.4 is 17.0 Å². The van der Waals surface area contributed by atoms with E-state index in [1.54, 1.807) is 11.8 Å². The van der Waals surface area contributed by atoms with Crippen LogP contribution in [-0.4, -0.2) is 73.0 Å². The van der Waals surface area contributed by atoms with Crippen molar-refractivity contribution in [3.8, 4) is 0 Å². The summed E-state index contributed by atoms with van der Waals surface area (Å²) in [6.45, 7) is 3.43. The molecule has 1 aromatic carbocycles. The van der Waals surface area contributed by atoms with Crippen molar-refractivity contribution in [3.63, 3.8) is 0 Å². The lowest BCUT2D eigenvalue weighted by Crippen LogP contribution is -2.54. The molecule has 0 radical (unpaired) electrons. The van der Waals surface area contributed by atoms with Crippen LogP contribution in [0.2, 0.25) is 0 Å². The summed E-state index contributed by atoms with van der Waals surface area (Å²) >= 11 is 0. The van der Waals surface area contributed by atoms with Gasteiger partial charge in [-0.15, -0.1) is 0 Å². The van der Waals surface area contributed by atoms with Crippen LogP contribution in [0.4, 0.5) is 5.82 Å². The average molecular weight is 439 g/mol. The molecule has 0 aliphatic carbocycles. The molecule has 1 aliphatic rings. The number of H-pyrrole nitrogens is 1. The molecule has 168 valence electrons. The Kier molecular flexibility index (Phi) is 5.43. The third kappa shape index (κ3) is 3.40. The van der Waals surface area contributed by atoms with Crippen LogP contribution in [0.1, 0.15) is 27.8 Å². The van der Waals surface area contributed by atoms with Gasteiger partial charge in [-0.1, -0.05) is 18.2 Å². The van der Waals surface area contributed by atoms with Gasteiger partial charge in [-0.25, -0.2) is 4.79 Å². The van der Waals surface area contributed by atoms with Gasteiger partial charge in [0.15, 0.2) is 11.5 Å². The molecular formula is C21H25N7O4. The minimum Gasteiger partial charge on any atom is -0.384 e. The molecule has 3 N–H and O–H groups in total. The molecule has 1 fully saturated rings. The Balaban J connectivity index is 1.49. The fraction of sp³-hybridized carbons (Fsp3) is 0.381. The first-order valence-corrected chi connectivity index (χ1v) is 10.3. The maximum Gasteiger partial charge on any atom is 0.332 e. The zero-order valence-electron chi connectivity index (χ0n) is 18.2. The molecule has 3 heterocycles. The summed E-state index contributed by atoms with van der Waals surface area (Å²) in [5.74, 6) is -0.761. The standard InChI is InChI=1S/C21H25N7O4/c1-12(17(29)15-18(22)25(2)21(32)26(3)19(15)30)27-8-10-28(11-9-27)20(31)16-13-6-4-5-7-14(13)23-24-16/h4-7,12H,8-11,22H2,1-3H3,(H,23,24). The monoisotopic (exact) mass is 439 g/mol. The van der Waals surface area contributed by atoms with Crippen molar-refractivity contribution in [3.05, 3.63) is 56.4 Å². The van der Waals surface area contributed by atoms with Gasteiger partial charge in [0.2, 0.25) is 0 Å². The quantitative estimate of drug-likeness (QED) is 0.526. The van der Waals surface area contributed by atoms with Gasteiger partial charge in [0.05, 0.1) is 11.6 Å². The van der Waals surface area contributed by atoms with Gasteiger partial charge in [-0.3, -0.25) is 33.5 Å². The van der Waals surface area contributed by atoms with E-state index in [4.69, 9.17) is 5.73 Å². The fourth-order valence-electron chi connectivity index (χ4n) is 4.05. The SMILES string of the molecule is CC(C(=O)c1c(N)n(C)c(=O)n(C)c1=O)N1CCN(C(=O)c2n[nH]c3ccccc23)CC1. The first kappa shape index (κ1) is 21.5. The number of nitrogens with zero attached hydrogens (tertiary/aromatic N) is 5. The second-order valence-corrected chi connectivity index (χ2v) is 7.95. The number of nitrogens with one attached hydrogen (secondary N) is 1. The van der Waals surface area contributed by atoms with E-state index in [0.29, 0.717) is 31.9 Å². The third-order valence-electron chi connectivity index (χ3n) is 6.16. The summed E-state index contributed by atoms with van der Waals surface area (Å²) in [5.41, 5.74) is 5.62. The number of hydrogen-bond acceptors (Lipinski definition) is 7. The van der Waals surface area contributed by atoms with Crippen LogP contribution in [0.25, 0.3) is 10.9 Å². The van der Waals surface area contributed by atoms with Gasteiger partial charge >= 0.3 is 5.69 Å². The lowest BCUT2D eigenvalue weighted by atomic mass is 10.0. The van der Waals surface area contributed by atoms with E-state index in [9.17, 15) is 19.2 Å². The number of ketones is 1. The number of hydrogen-bond donors (Lipinski definition) is 2. The Morgan fingerprint density at radius 2 is 1.72 bits per heavy atom. The van der Waals surface area contributed by atoms with Crippen molar-refractivity contribution in [2.45, 2.75) is 13.0 Å². The van der Waals surface area contributed by atoms with E-state index in [2.05, 4.69) is 10.2 Å². The minimum absolute atomic E-state index is 0.144. The summed E-state index contributed by atoms with van der Waals surface area (Å²) in [5, 5.41) is 7.81. The molecule has 1 aliphatic heterocycles. The van der Waals surface area contributed by atoms with Crippen LogP contribution in [0.5, 0.6) is 0 Å². The highest BCUT2D eigenvalue weighted by molar-refractivity contribution is 6.05. The number of nitrogen functional groups attached to an aromatic ring is 1. The number of aromatic nitrogens is 4. The summed E-state index contributed by atoms with van der Waals surface area (Å²) in [4.78, 5) is 54.2. The van der Waals surface area contributed by atoms with Gasteiger partial charge in [0, 0.05) is 45.7 Å². The molecule has 11 heteroatoms. The number of carbonyl (C=O) groups excluding carboxylic acids is 2. The molecule has 11 nitrogen and oxygen atoms in total. The van der Waals surface area contributed by atoms with Crippen molar-refractivity contribution < 1.29 is 9.59 Å². The Hall–Kier alpha value is -3.73. The highest BCUT2D eigenvalue weighted by Crippen LogP contribution is 2.19. The van der Waals surface area contributed by atoms with Crippen LogP contribution in [-0.2, 0) is 14.1 Å². The van der Waals surface area contributed by atoms with Gasteiger partial charge in [-0.05, 0) is 13.0 Å². The minimum atomic E-state index is -0.707. The second kappa shape index (κ2) is 8.08. The lowest BCUT2D eigenvalue weighted by molar-refractivity contribution is 0.0548. The van der Waals surface area contributed by atoms with E-state index in [0.717, 1.165) is 20.0 Å². The van der Waals surface area contributed by atoms with E-state index >= 15 is 0 Å². The van der Waals surface area contributed by atoms with Crippen LogP contribution >= 0.6 is 0 Å². The van der Waals surface area contributed by atoms with Gasteiger partial charge in [0.25, 0.3) is 11.5 Å². The fourth-order valence-corrected chi connectivity index (χ4v) is 4.05. The Labute approximate surface area is 183 Å². The van der Waals surface area contributed by atoms with Crippen molar-refractivity contribution in [1.82, 2.24) is 29.1 Å². The van der Waals surface area contributed by atoms with E-state index in [1.807, 2.05) is 29.2 Å². The Morgan fingerprint density at radius 3 is 2.41 bits per heavy atom. The number of anilines is 1. The number of benzene rings is 1. The van der Waals surface area contributed by atoms with Gasteiger partial charge in [0.1, 0.15) is 11.4 Å². The second-order valence-electron chi connectivity index (χ2n) is 7.95. The van der Waals surface area contributed by atoms with Gasteiger partial charge < -0.3 is 10.6 Å². The van der Waals surface area contributed by atoms with E-state index in [-0.39, 0.29) is 17.3 Å². The number of carbonyl (C=O) groups is 2. The molecule has 1 atom stereocenters. The Morgan fingerprint density at radius 1 is 1.06 bits per heavy atom. The van der Waals surface area contributed by atoms with Crippen molar-refractivity contribution >= 4 is 28.4 Å². The van der Waals surface area contributed by atoms with Crippen LogP contribution in [0, 0.1) is 0 Å². The molecule has 2 aromatic heterocycles. The number of rotatable bonds is 4. The topological polar surface area (TPSA) is 139 Å². The van der Waals surface area contributed by atoms with Crippen molar-refractivity contribution in [2.24, 2.45) is 14.1 Å². The molecular weight excluding hydrogens is 414 g/mol. The summed E-state index contributed by atoms with van der Waals surface area (Å²) in [6, 6.07) is 6.80. The maximum absolute atomic E-state index is 13.1. The van der Waals surface area contributed by atoms with Crippen molar-refractivity contribution in [2.75, 3.05) is 31.9 Å². The zero-order chi connectivity index (χ0) is 23.2. The maximum atomic E-state index is 13.1. The van der Waals surface area contributed by atoms with Crippen LogP contribution in [0.15, 0.2) is 33.9 Å². The molecule has 4 rings (SSSR count). The van der Waals surface area contributed by atoms with Gasteiger partial charge in [-0.2, -0.15) is 5.10 Å². The van der Waals surface area contributed by atoms with Crippen molar-refractivity contribution in [1.29, 1.82) is 0 Å². The first-order valence-electron chi connectivity index (χ1n) is 10.3. The predicted molar refractivity (Wildman–Crippen MR) is 119 cm³/mol. The zero-order valence-corrected chi connectivity index (χ0v) is 18.2. The number of para-hydroxylation sites is 1. The molecule has 0 saturated carbocycles. The average Bonchev–Trinajstić information content (AvgIpc) is 3.25. The summed E-state index contributed by atoms with van der Waals surface area (Å²) in [7, 11) is 2.73. The van der Waals surface area contributed by atoms with E-state index < -0.39 is 23.1 Å². The number of aromatic amines is 1. The Bertz CT molecular complexity index is 1330. The smallest absolute Gasteiger partial charge is 0.332 e. The number of fused-ring (bicyclic) bond motifs is 1. The summed E-state index contributed by atoms with van der Waals surface area (Å²) < 4.78 is 1.97. The molecule has 1 unspecified atom stereocenters. The normalized spacial score (nSPS) is 15.8. The predicted octanol–water partition coefficient (Wildman–Crippen LogP) is -0.428. The molecule has 32 heavy (non-hydrogen) atoms. The number of Topliss-reactive ketones (excluding diaryl/α,β-unsaturated/α-hetero) is 1.